The van der Waals surface area contributed by atoms with Crippen LogP contribution in [0.3, 0.4) is 0 Å². The summed E-state index contributed by atoms with van der Waals surface area (Å²) in [6.45, 7) is 0. The number of amides is 1. The maximum atomic E-state index is 12.1. The Morgan fingerprint density at radius 2 is 2.00 bits per heavy atom. The Morgan fingerprint density at radius 1 is 1.26 bits per heavy atom. The van der Waals surface area contributed by atoms with E-state index in [4.69, 9.17) is 0 Å². The zero-order valence-electron chi connectivity index (χ0n) is 10.5. The summed E-state index contributed by atoms with van der Waals surface area (Å²) in [5, 5.41) is 10.5. The second kappa shape index (κ2) is 4.48. The molecule has 0 saturated carbocycles. The van der Waals surface area contributed by atoms with E-state index in [1.165, 1.54) is 0 Å². The van der Waals surface area contributed by atoms with Gasteiger partial charge in [-0.25, -0.2) is 0 Å². The van der Waals surface area contributed by atoms with Gasteiger partial charge in [0.2, 0.25) is 0 Å². The Morgan fingerprint density at radius 3 is 2.74 bits per heavy atom. The van der Waals surface area contributed by atoms with Crippen molar-refractivity contribution in [3.63, 3.8) is 0 Å². The third-order valence-electron chi connectivity index (χ3n) is 3.58. The molecule has 0 saturated heterocycles. The number of nitrogens with zero attached hydrogens (tertiary/aromatic N) is 2. The Balaban J connectivity index is 2.04. The van der Waals surface area contributed by atoms with Crippen molar-refractivity contribution in [2.75, 3.05) is 7.05 Å². The van der Waals surface area contributed by atoms with Crippen molar-refractivity contribution < 1.29 is 9.90 Å². The molecule has 4 heteroatoms. The number of aliphatic hydroxyl groups excluding tert-OH is 1. The molecule has 1 amide bonds. The molecule has 1 aliphatic rings. The van der Waals surface area contributed by atoms with E-state index in [1.807, 2.05) is 30.3 Å². The molecule has 1 aromatic heterocycles. The fourth-order valence-electron chi connectivity index (χ4n) is 2.58. The van der Waals surface area contributed by atoms with Crippen molar-refractivity contribution in [3.8, 4) is 0 Å². The third kappa shape index (κ3) is 1.81. The average molecular weight is 254 g/mol. The highest BCUT2D eigenvalue weighted by molar-refractivity contribution is 5.98. The molecule has 0 radical (unpaired) electrons. The Hall–Kier alpha value is -2.20. The Bertz CT molecular complexity index is 613. The second-order valence-corrected chi connectivity index (χ2v) is 4.68. The van der Waals surface area contributed by atoms with Crippen molar-refractivity contribution in [1.82, 2.24) is 9.88 Å². The summed E-state index contributed by atoms with van der Waals surface area (Å²) in [6, 6.07) is 10.7. The summed E-state index contributed by atoms with van der Waals surface area (Å²) >= 11 is 0. The highest BCUT2D eigenvalue weighted by Gasteiger charge is 2.39. The maximum Gasteiger partial charge on any atom is 0.254 e. The van der Waals surface area contributed by atoms with Gasteiger partial charge in [0.25, 0.3) is 5.91 Å². The standard InChI is InChI=1S/C15H14N2O2/c1-17-13(14(18)10-5-3-2-4-6-10)12-9-16-8-7-11(12)15(17)19/h2-9,13-14,18H,1H3/t13-,14+/m1/s1. The van der Waals surface area contributed by atoms with Crippen molar-refractivity contribution in [3.05, 3.63) is 65.5 Å². The van der Waals surface area contributed by atoms with E-state index in [9.17, 15) is 9.90 Å². The molecule has 1 N–H and O–H groups in total. The highest BCUT2D eigenvalue weighted by atomic mass is 16.3. The number of benzene rings is 1. The average Bonchev–Trinajstić information content (AvgIpc) is 2.72. The maximum absolute atomic E-state index is 12.1. The van der Waals surface area contributed by atoms with Crippen LogP contribution in [0.25, 0.3) is 0 Å². The summed E-state index contributed by atoms with van der Waals surface area (Å²) in [5.74, 6) is -0.0719. The van der Waals surface area contributed by atoms with Crippen LogP contribution in [0.2, 0.25) is 0 Å². The topological polar surface area (TPSA) is 53.4 Å². The molecular weight excluding hydrogens is 240 g/mol. The SMILES string of the molecule is CN1C(=O)c2ccncc2[C@@H]1[C@@H](O)c1ccccc1. The van der Waals surface area contributed by atoms with Gasteiger partial charge < -0.3 is 10.0 Å². The van der Waals surface area contributed by atoms with Gasteiger partial charge in [-0.05, 0) is 11.6 Å². The van der Waals surface area contributed by atoms with Crippen LogP contribution in [0.15, 0.2) is 48.8 Å². The summed E-state index contributed by atoms with van der Waals surface area (Å²) in [5.41, 5.74) is 2.20. The molecule has 0 unspecified atom stereocenters. The lowest BCUT2D eigenvalue weighted by Gasteiger charge is -2.26. The second-order valence-electron chi connectivity index (χ2n) is 4.68. The number of fused-ring (bicyclic) bond motifs is 1. The lowest BCUT2D eigenvalue weighted by Crippen LogP contribution is -2.27. The van der Waals surface area contributed by atoms with Crippen LogP contribution in [-0.4, -0.2) is 27.9 Å². The van der Waals surface area contributed by atoms with Crippen LogP contribution in [0.5, 0.6) is 0 Å². The number of hydrogen-bond acceptors (Lipinski definition) is 3. The Labute approximate surface area is 111 Å². The molecule has 19 heavy (non-hydrogen) atoms. The van der Waals surface area contributed by atoms with E-state index < -0.39 is 6.10 Å². The van der Waals surface area contributed by atoms with Crippen molar-refractivity contribution in [2.24, 2.45) is 0 Å². The van der Waals surface area contributed by atoms with Crippen LogP contribution in [-0.2, 0) is 0 Å². The van der Waals surface area contributed by atoms with E-state index in [2.05, 4.69) is 4.98 Å². The Kier molecular flexibility index (Phi) is 2.80. The minimum absolute atomic E-state index is 0.0719. The van der Waals surface area contributed by atoms with Crippen LogP contribution < -0.4 is 0 Å². The largest absolute Gasteiger partial charge is 0.386 e. The molecule has 0 aliphatic carbocycles. The number of carbonyl (C=O) groups excluding carboxylic acids is 1. The van der Waals surface area contributed by atoms with Gasteiger partial charge in [-0.15, -0.1) is 0 Å². The van der Waals surface area contributed by atoms with Gasteiger partial charge in [-0.1, -0.05) is 30.3 Å². The number of aromatic nitrogens is 1. The van der Waals surface area contributed by atoms with Gasteiger partial charge in [0.15, 0.2) is 0 Å². The van der Waals surface area contributed by atoms with Gasteiger partial charge in [-0.3, -0.25) is 9.78 Å². The number of likely N-dealkylation sites (N-methyl/N-ethyl adjacent to an activating group) is 1. The smallest absolute Gasteiger partial charge is 0.254 e. The first-order valence-corrected chi connectivity index (χ1v) is 6.14. The summed E-state index contributed by atoms with van der Waals surface area (Å²) in [4.78, 5) is 17.8. The van der Waals surface area contributed by atoms with Crippen LogP contribution in [0, 0.1) is 0 Å². The minimum Gasteiger partial charge on any atom is -0.386 e. The fraction of sp³-hybridized carbons (Fsp3) is 0.200. The number of hydrogen-bond donors (Lipinski definition) is 1. The van der Waals surface area contributed by atoms with Gasteiger partial charge in [-0.2, -0.15) is 0 Å². The monoisotopic (exact) mass is 254 g/mol. The van der Waals surface area contributed by atoms with Crippen molar-refractivity contribution in [1.29, 1.82) is 0 Å². The lowest BCUT2D eigenvalue weighted by molar-refractivity contribution is 0.0514. The van der Waals surface area contributed by atoms with E-state index in [0.29, 0.717) is 5.56 Å². The molecule has 1 aromatic carbocycles. The van der Waals surface area contributed by atoms with E-state index in [1.54, 1.807) is 30.4 Å². The quantitative estimate of drug-likeness (QED) is 0.891. The number of carbonyl (C=O) groups is 1. The first-order chi connectivity index (χ1) is 9.20. The first-order valence-electron chi connectivity index (χ1n) is 6.14. The molecule has 3 rings (SSSR count). The van der Waals surface area contributed by atoms with E-state index in [0.717, 1.165) is 11.1 Å². The molecule has 4 nitrogen and oxygen atoms in total. The molecule has 1 aliphatic heterocycles. The fourth-order valence-corrected chi connectivity index (χ4v) is 2.58. The molecule has 0 bridgehead atoms. The molecule has 2 atom stereocenters. The predicted octanol–water partition coefficient (Wildman–Crippen LogP) is 1.94. The summed E-state index contributed by atoms with van der Waals surface area (Å²) < 4.78 is 0. The van der Waals surface area contributed by atoms with Crippen LogP contribution in [0.4, 0.5) is 0 Å². The van der Waals surface area contributed by atoms with Gasteiger partial charge in [0.05, 0.1) is 6.04 Å². The normalized spacial score (nSPS) is 19.4. The summed E-state index contributed by atoms with van der Waals surface area (Å²) in [7, 11) is 1.71. The zero-order valence-corrected chi connectivity index (χ0v) is 10.5. The number of aliphatic hydroxyl groups is 1. The van der Waals surface area contributed by atoms with Crippen molar-refractivity contribution in [2.45, 2.75) is 12.1 Å². The number of rotatable bonds is 2. The third-order valence-corrected chi connectivity index (χ3v) is 3.58. The van der Waals surface area contributed by atoms with Crippen LogP contribution in [0.1, 0.15) is 33.6 Å². The molecule has 0 fully saturated rings. The summed E-state index contributed by atoms with van der Waals surface area (Å²) in [6.07, 6.45) is 2.51. The van der Waals surface area contributed by atoms with Crippen LogP contribution >= 0.6 is 0 Å². The van der Waals surface area contributed by atoms with E-state index >= 15 is 0 Å². The molecule has 0 spiro atoms. The van der Waals surface area contributed by atoms with Crippen molar-refractivity contribution >= 4 is 5.91 Å². The van der Waals surface area contributed by atoms with E-state index in [-0.39, 0.29) is 11.9 Å². The number of pyridine rings is 1. The molecule has 2 heterocycles. The highest BCUT2D eigenvalue weighted by Crippen LogP contribution is 2.40. The molecule has 2 aromatic rings. The molecular formula is C15H14N2O2. The van der Waals surface area contributed by atoms with Gasteiger partial charge >= 0.3 is 0 Å². The van der Waals surface area contributed by atoms with Gasteiger partial charge in [0.1, 0.15) is 6.10 Å². The minimum atomic E-state index is -0.749. The molecule has 96 valence electrons. The lowest BCUT2D eigenvalue weighted by atomic mass is 9.97. The first kappa shape index (κ1) is 11.9. The zero-order chi connectivity index (χ0) is 13.4. The van der Waals surface area contributed by atoms with Gasteiger partial charge in [0, 0.05) is 30.6 Å². The predicted molar refractivity (Wildman–Crippen MR) is 70.5 cm³/mol.